The first-order valence-corrected chi connectivity index (χ1v) is 8.62. The molecule has 0 saturated heterocycles. The number of hydrogen-bond donors (Lipinski definition) is 0. The maximum atomic E-state index is 14.3. The van der Waals surface area contributed by atoms with Gasteiger partial charge in [0, 0.05) is 0 Å². The highest BCUT2D eigenvalue weighted by Gasteiger charge is 2.36. The summed E-state index contributed by atoms with van der Waals surface area (Å²) >= 11 is 0. The first kappa shape index (κ1) is 18.7. The Labute approximate surface area is 148 Å². The van der Waals surface area contributed by atoms with Gasteiger partial charge in [-0.2, -0.15) is 0 Å². The molecule has 0 radical (unpaired) electrons. The van der Waals surface area contributed by atoms with Crippen molar-refractivity contribution in [3.8, 4) is 5.75 Å². The number of ether oxygens (including phenoxy) is 1. The first-order valence-electron chi connectivity index (χ1n) is 8.62. The van der Waals surface area contributed by atoms with Gasteiger partial charge in [-0.3, -0.25) is 0 Å². The van der Waals surface area contributed by atoms with Crippen LogP contribution in [0, 0.1) is 11.6 Å². The maximum absolute atomic E-state index is 14.3. The SMILES string of the molecule is CCCc1ccc(C2CCc3c(cc(F)c(OC(F)(F)F)c3F)C2)cc1. The van der Waals surface area contributed by atoms with Gasteiger partial charge in [0.2, 0.25) is 5.75 Å². The molecule has 3 rings (SSSR count). The Morgan fingerprint density at radius 3 is 2.42 bits per heavy atom. The quantitative estimate of drug-likeness (QED) is 0.592. The Morgan fingerprint density at radius 2 is 1.81 bits per heavy atom. The molecule has 0 heterocycles. The van der Waals surface area contributed by atoms with Gasteiger partial charge in [0.05, 0.1) is 0 Å². The van der Waals surface area contributed by atoms with Crippen LogP contribution in [0.5, 0.6) is 5.75 Å². The summed E-state index contributed by atoms with van der Waals surface area (Å²) in [5, 5.41) is 0. The van der Waals surface area contributed by atoms with E-state index in [0.29, 0.717) is 18.4 Å². The molecule has 0 fully saturated rings. The van der Waals surface area contributed by atoms with Crippen molar-refractivity contribution in [2.45, 2.75) is 51.3 Å². The largest absolute Gasteiger partial charge is 0.573 e. The lowest BCUT2D eigenvalue weighted by atomic mass is 9.79. The second-order valence-electron chi connectivity index (χ2n) is 6.62. The minimum Gasteiger partial charge on any atom is -0.399 e. The average molecular weight is 370 g/mol. The van der Waals surface area contributed by atoms with Gasteiger partial charge in [-0.15, -0.1) is 13.2 Å². The Balaban J connectivity index is 1.84. The Morgan fingerprint density at radius 1 is 1.12 bits per heavy atom. The number of alkyl halides is 3. The number of hydrogen-bond acceptors (Lipinski definition) is 1. The third-order valence-corrected chi connectivity index (χ3v) is 4.79. The number of fused-ring (bicyclic) bond motifs is 1. The van der Waals surface area contributed by atoms with Crippen molar-refractivity contribution in [3.63, 3.8) is 0 Å². The standard InChI is InChI=1S/C20H19F5O/c1-2-3-12-4-6-13(7-5-12)14-8-9-16-15(10-14)11-17(21)19(18(16)22)26-20(23,24)25/h4-7,11,14H,2-3,8-10H2,1H3. The van der Waals surface area contributed by atoms with E-state index in [9.17, 15) is 22.0 Å². The summed E-state index contributed by atoms with van der Waals surface area (Å²) in [6.07, 6.45) is -1.86. The van der Waals surface area contributed by atoms with E-state index < -0.39 is 23.7 Å². The Hall–Kier alpha value is -2.11. The molecule has 2 aromatic rings. The van der Waals surface area contributed by atoms with Gasteiger partial charge in [-0.25, -0.2) is 8.78 Å². The maximum Gasteiger partial charge on any atom is 0.573 e. The topological polar surface area (TPSA) is 9.23 Å². The summed E-state index contributed by atoms with van der Waals surface area (Å²) in [4.78, 5) is 0. The molecule has 0 amide bonds. The van der Waals surface area contributed by atoms with E-state index in [0.717, 1.165) is 24.5 Å². The highest BCUT2D eigenvalue weighted by Crippen LogP contribution is 2.39. The third-order valence-electron chi connectivity index (χ3n) is 4.79. The molecule has 1 nitrogen and oxygen atoms in total. The lowest BCUT2D eigenvalue weighted by Gasteiger charge is -2.26. The van der Waals surface area contributed by atoms with E-state index in [2.05, 4.69) is 23.8 Å². The smallest absolute Gasteiger partial charge is 0.399 e. The van der Waals surface area contributed by atoms with Crippen LogP contribution in [0.3, 0.4) is 0 Å². The van der Waals surface area contributed by atoms with Gasteiger partial charge in [-0.1, -0.05) is 37.6 Å². The molecule has 0 aromatic heterocycles. The van der Waals surface area contributed by atoms with Crippen LogP contribution in [0.4, 0.5) is 22.0 Å². The molecule has 1 atom stereocenters. The van der Waals surface area contributed by atoms with Crippen molar-refractivity contribution in [2.75, 3.05) is 0 Å². The van der Waals surface area contributed by atoms with Crippen molar-refractivity contribution in [1.29, 1.82) is 0 Å². The predicted octanol–water partition coefficient (Wildman–Crippen LogP) is 6.09. The number of aryl methyl sites for hydroxylation is 1. The van der Waals surface area contributed by atoms with E-state index in [1.54, 1.807) is 0 Å². The van der Waals surface area contributed by atoms with E-state index >= 15 is 0 Å². The lowest BCUT2D eigenvalue weighted by Crippen LogP contribution is -2.21. The summed E-state index contributed by atoms with van der Waals surface area (Å²) < 4.78 is 68.9. The summed E-state index contributed by atoms with van der Waals surface area (Å²) in [5.41, 5.74) is 2.83. The monoisotopic (exact) mass is 370 g/mol. The zero-order valence-electron chi connectivity index (χ0n) is 14.3. The fourth-order valence-corrected chi connectivity index (χ4v) is 3.57. The molecule has 1 unspecified atom stereocenters. The number of benzene rings is 2. The molecule has 2 aromatic carbocycles. The van der Waals surface area contributed by atoms with Crippen molar-refractivity contribution >= 4 is 0 Å². The van der Waals surface area contributed by atoms with Gasteiger partial charge in [0.25, 0.3) is 0 Å². The highest BCUT2D eigenvalue weighted by atomic mass is 19.4. The normalized spacial score (nSPS) is 17.1. The third kappa shape index (κ3) is 4.00. The fourth-order valence-electron chi connectivity index (χ4n) is 3.57. The molecule has 1 aliphatic rings. The van der Waals surface area contributed by atoms with Crippen LogP contribution in [-0.2, 0) is 19.3 Å². The molecule has 0 spiro atoms. The molecular weight excluding hydrogens is 351 g/mol. The molecule has 0 aliphatic heterocycles. The number of rotatable bonds is 4. The van der Waals surface area contributed by atoms with Gasteiger partial charge in [-0.05, 0) is 59.9 Å². The highest BCUT2D eigenvalue weighted by molar-refractivity contribution is 5.42. The predicted molar refractivity (Wildman–Crippen MR) is 88.2 cm³/mol. The summed E-state index contributed by atoms with van der Waals surface area (Å²) in [7, 11) is 0. The zero-order chi connectivity index (χ0) is 18.9. The second-order valence-corrected chi connectivity index (χ2v) is 6.62. The van der Waals surface area contributed by atoms with E-state index in [1.807, 2.05) is 12.1 Å². The van der Waals surface area contributed by atoms with Crippen LogP contribution in [-0.4, -0.2) is 6.36 Å². The van der Waals surface area contributed by atoms with Crippen molar-refractivity contribution in [3.05, 3.63) is 64.2 Å². The van der Waals surface area contributed by atoms with Crippen LogP contribution < -0.4 is 4.74 Å². The van der Waals surface area contributed by atoms with Gasteiger partial charge in [0.15, 0.2) is 11.6 Å². The van der Waals surface area contributed by atoms with Crippen LogP contribution in [0.1, 0.15) is 47.9 Å². The summed E-state index contributed by atoms with van der Waals surface area (Å²) in [6, 6.07) is 9.12. The zero-order valence-corrected chi connectivity index (χ0v) is 14.3. The van der Waals surface area contributed by atoms with Crippen molar-refractivity contribution < 1.29 is 26.7 Å². The van der Waals surface area contributed by atoms with Gasteiger partial charge >= 0.3 is 6.36 Å². The minimum absolute atomic E-state index is 0.0892. The van der Waals surface area contributed by atoms with Crippen LogP contribution in [0.25, 0.3) is 0 Å². The van der Waals surface area contributed by atoms with Crippen molar-refractivity contribution in [2.24, 2.45) is 0 Å². The van der Waals surface area contributed by atoms with Crippen molar-refractivity contribution in [1.82, 2.24) is 0 Å². The summed E-state index contributed by atoms with van der Waals surface area (Å²) in [5.74, 6) is -3.84. The molecule has 0 saturated carbocycles. The molecule has 1 aliphatic carbocycles. The molecular formula is C20H19F5O. The Kier molecular flexibility index (Phi) is 5.21. The minimum atomic E-state index is -5.13. The van der Waals surface area contributed by atoms with E-state index in [4.69, 9.17) is 0 Å². The summed E-state index contributed by atoms with van der Waals surface area (Å²) in [6.45, 7) is 2.10. The van der Waals surface area contributed by atoms with Gasteiger partial charge in [0.1, 0.15) is 0 Å². The molecule has 0 N–H and O–H groups in total. The van der Waals surface area contributed by atoms with E-state index in [1.165, 1.54) is 5.56 Å². The van der Waals surface area contributed by atoms with Crippen LogP contribution >= 0.6 is 0 Å². The molecule has 0 bridgehead atoms. The molecule has 140 valence electrons. The van der Waals surface area contributed by atoms with Crippen LogP contribution in [0.2, 0.25) is 0 Å². The average Bonchev–Trinajstić information content (AvgIpc) is 2.58. The molecule has 6 heteroatoms. The Bertz CT molecular complexity index is 780. The van der Waals surface area contributed by atoms with Gasteiger partial charge < -0.3 is 4.74 Å². The second kappa shape index (κ2) is 7.25. The van der Waals surface area contributed by atoms with Crippen LogP contribution in [0.15, 0.2) is 30.3 Å². The fraction of sp³-hybridized carbons (Fsp3) is 0.400. The lowest BCUT2D eigenvalue weighted by molar-refractivity contribution is -0.276. The number of halogens is 5. The van der Waals surface area contributed by atoms with E-state index in [-0.39, 0.29) is 17.9 Å². The molecule has 26 heavy (non-hydrogen) atoms. The first-order chi connectivity index (χ1) is 12.3.